The van der Waals surface area contributed by atoms with Gasteiger partial charge in [0.15, 0.2) is 0 Å². The zero-order valence-corrected chi connectivity index (χ0v) is 28.6. The minimum atomic E-state index is -0.165. The Morgan fingerprint density at radius 1 is 0.471 bits per heavy atom. The van der Waals surface area contributed by atoms with Crippen LogP contribution in [0.2, 0.25) is 0 Å². The molecular formula is C49H35NO. The van der Waals surface area contributed by atoms with Crippen LogP contribution < -0.4 is 4.90 Å². The van der Waals surface area contributed by atoms with Crippen molar-refractivity contribution in [2.45, 2.75) is 19.3 Å². The van der Waals surface area contributed by atoms with Gasteiger partial charge in [0.05, 0.1) is 11.4 Å². The van der Waals surface area contributed by atoms with Gasteiger partial charge in [0, 0.05) is 38.6 Å². The van der Waals surface area contributed by atoms with Gasteiger partial charge in [-0.2, -0.15) is 0 Å². The molecule has 1 heterocycles. The monoisotopic (exact) mass is 653 g/mol. The van der Waals surface area contributed by atoms with Gasteiger partial charge in [-0.15, -0.1) is 0 Å². The third kappa shape index (κ3) is 4.50. The van der Waals surface area contributed by atoms with Crippen molar-refractivity contribution in [1.29, 1.82) is 0 Å². The minimum Gasteiger partial charge on any atom is -0.455 e. The number of anilines is 3. The molecule has 0 bridgehead atoms. The fourth-order valence-corrected chi connectivity index (χ4v) is 8.51. The molecule has 0 spiro atoms. The largest absolute Gasteiger partial charge is 0.455 e. The van der Waals surface area contributed by atoms with Gasteiger partial charge in [-0.25, -0.2) is 0 Å². The molecule has 1 aliphatic rings. The molecule has 2 nitrogen and oxygen atoms in total. The molecule has 8 aromatic carbocycles. The van der Waals surface area contributed by atoms with Gasteiger partial charge in [0.25, 0.3) is 0 Å². The second-order valence-corrected chi connectivity index (χ2v) is 14.1. The fourth-order valence-electron chi connectivity index (χ4n) is 8.51. The molecule has 0 atom stereocenters. The van der Waals surface area contributed by atoms with E-state index in [0.717, 1.165) is 44.4 Å². The fraction of sp³-hybridized carbons (Fsp3) is 0.0612. The first-order valence-corrected chi connectivity index (χ1v) is 17.7. The summed E-state index contributed by atoms with van der Waals surface area (Å²) >= 11 is 0. The summed E-state index contributed by atoms with van der Waals surface area (Å²) in [5.41, 5.74) is 15.0. The van der Waals surface area contributed by atoms with Crippen LogP contribution in [0.4, 0.5) is 17.1 Å². The van der Waals surface area contributed by atoms with Gasteiger partial charge < -0.3 is 9.32 Å². The van der Waals surface area contributed by atoms with Crippen LogP contribution in [0.3, 0.4) is 0 Å². The van der Waals surface area contributed by atoms with Crippen LogP contribution in [0.1, 0.15) is 25.0 Å². The third-order valence-corrected chi connectivity index (χ3v) is 10.8. The Kier molecular flexibility index (Phi) is 6.56. The Bertz CT molecular complexity index is 2770. The van der Waals surface area contributed by atoms with Gasteiger partial charge in [-0.05, 0) is 68.9 Å². The van der Waals surface area contributed by atoms with Crippen molar-refractivity contribution in [2.24, 2.45) is 0 Å². The molecule has 0 radical (unpaired) electrons. The summed E-state index contributed by atoms with van der Waals surface area (Å²) in [6.45, 7) is 4.76. The Morgan fingerprint density at radius 3 is 1.94 bits per heavy atom. The van der Waals surface area contributed by atoms with Crippen molar-refractivity contribution in [2.75, 3.05) is 4.90 Å². The van der Waals surface area contributed by atoms with E-state index in [1.807, 2.05) is 12.1 Å². The van der Waals surface area contributed by atoms with Crippen molar-refractivity contribution < 1.29 is 4.42 Å². The average Bonchev–Trinajstić information content (AvgIpc) is 3.68. The topological polar surface area (TPSA) is 16.4 Å². The van der Waals surface area contributed by atoms with Gasteiger partial charge in [-0.1, -0.05) is 159 Å². The van der Waals surface area contributed by atoms with Crippen LogP contribution in [-0.2, 0) is 5.41 Å². The molecular weight excluding hydrogens is 619 g/mol. The second-order valence-electron chi connectivity index (χ2n) is 14.1. The first-order chi connectivity index (χ1) is 25.1. The Morgan fingerprint density at radius 2 is 1.10 bits per heavy atom. The second kappa shape index (κ2) is 11.3. The van der Waals surface area contributed by atoms with Gasteiger partial charge in [0.2, 0.25) is 0 Å². The van der Waals surface area contributed by atoms with E-state index in [1.54, 1.807) is 0 Å². The molecule has 1 aliphatic carbocycles. The lowest BCUT2D eigenvalue weighted by Gasteiger charge is -2.31. The smallest absolute Gasteiger partial charge is 0.143 e. The van der Waals surface area contributed by atoms with E-state index in [2.05, 4.69) is 183 Å². The van der Waals surface area contributed by atoms with Crippen molar-refractivity contribution in [3.05, 3.63) is 187 Å². The Balaban J connectivity index is 1.24. The van der Waals surface area contributed by atoms with E-state index < -0.39 is 0 Å². The molecule has 10 rings (SSSR count). The third-order valence-electron chi connectivity index (χ3n) is 10.8. The summed E-state index contributed by atoms with van der Waals surface area (Å²) in [5.74, 6) is 0. The van der Waals surface area contributed by atoms with Gasteiger partial charge >= 0.3 is 0 Å². The van der Waals surface area contributed by atoms with E-state index in [9.17, 15) is 0 Å². The number of nitrogens with zero attached hydrogens (tertiary/aromatic N) is 1. The zero-order valence-electron chi connectivity index (χ0n) is 28.6. The molecule has 0 N–H and O–H groups in total. The van der Waals surface area contributed by atoms with Crippen LogP contribution in [0.15, 0.2) is 180 Å². The van der Waals surface area contributed by atoms with Crippen LogP contribution in [0.25, 0.3) is 66.1 Å². The van der Waals surface area contributed by atoms with Crippen molar-refractivity contribution >= 4 is 49.8 Å². The van der Waals surface area contributed by atoms with Crippen LogP contribution in [0.5, 0.6) is 0 Å². The summed E-state index contributed by atoms with van der Waals surface area (Å²) in [4.78, 5) is 2.48. The summed E-state index contributed by atoms with van der Waals surface area (Å²) in [6, 6.07) is 63.6. The molecule has 0 fully saturated rings. The summed E-state index contributed by atoms with van der Waals surface area (Å²) in [6.07, 6.45) is 0. The molecule has 0 unspecified atom stereocenters. The predicted octanol–water partition coefficient (Wildman–Crippen LogP) is 13.8. The molecule has 0 saturated carbocycles. The first-order valence-electron chi connectivity index (χ1n) is 17.7. The summed E-state index contributed by atoms with van der Waals surface area (Å²) in [7, 11) is 0. The maximum Gasteiger partial charge on any atom is 0.143 e. The molecule has 9 aromatic rings. The first kappa shape index (κ1) is 29.5. The number of furan rings is 1. The number of rotatable bonds is 5. The predicted molar refractivity (Wildman–Crippen MR) is 214 cm³/mol. The van der Waals surface area contributed by atoms with E-state index in [-0.39, 0.29) is 5.41 Å². The number of para-hydroxylation sites is 3. The SMILES string of the molecule is CC1(C)c2ccccc2-c2c(N(c3ccc(-c4cccc5c4oc4ccccc45)cc3)c3ccccc3-c3ccccc3)cc3ccccc3c21. The van der Waals surface area contributed by atoms with Crippen molar-refractivity contribution in [1.82, 2.24) is 0 Å². The van der Waals surface area contributed by atoms with Gasteiger partial charge in [0.1, 0.15) is 11.2 Å². The Labute approximate surface area is 297 Å². The number of hydrogen-bond donors (Lipinski definition) is 0. The van der Waals surface area contributed by atoms with Crippen molar-refractivity contribution in [3.63, 3.8) is 0 Å². The van der Waals surface area contributed by atoms with E-state index in [1.165, 1.54) is 49.8 Å². The van der Waals surface area contributed by atoms with Crippen LogP contribution in [-0.4, -0.2) is 0 Å². The Hall–Kier alpha value is -6.38. The standard InChI is InChI=1S/C49H35NO/c1-49(2)42-24-11-8-21-41(42)46-44(31-34-17-6-7-19-37(34)47(46)49)50(43-25-12-9-18-36(43)32-15-4-3-5-16-32)35-29-27-33(28-30-35)38-22-14-23-40-39-20-10-13-26-45(39)51-48(38)40/h3-31H,1-2H3. The summed E-state index contributed by atoms with van der Waals surface area (Å²) < 4.78 is 6.45. The maximum atomic E-state index is 6.45. The van der Waals surface area contributed by atoms with Gasteiger partial charge in [-0.3, -0.25) is 0 Å². The molecule has 242 valence electrons. The molecule has 51 heavy (non-hydrogen) atoms. The lowest BCUT2D eigenvalue weighted by Crippen LogP contribution is -2.17. The normalized spacial score (nSPS) is 13.1. The highest BCUT2D eigenvalue weighted by Gasteiger charge is 2.39. The van der Waals surface area contributed by atoms with E-state index >= 15 is 0 Å². The van der Waals surface area contributed by atoms with E-state index in [0.29, 0.717) is 0 Å². The highest BCUT2D eigenvalue weighted by atomic mass is 16.3. The zero-order chi connectivity index (χ0) is 34.1. The molecule has 0 amide bonds. The molecule has 0 aliphatic heterocycles. The minimum absolute atomic E-state index is 0.165. The van der Waals surface area contributed by atoms with E-state index in [4.69, 9.17) is 4.42 Å². The lowest BCUT2D eigenvalue weighted by atomic mass is 9.80. The average molecular weight is 654 g/mol. The summed E-state index contributed by atoms with van der Waals surface area (Å²) in [5, 5.41) is 4.83. The number of hydrogen-bond acceptors (Lipinski definition) is 2. The molecule has 0 saturated heterocycles. The van der Waals surface area contributed by atoms with Crippen molar-refractivity contribution in [3.8, 4) is 33.4 Å². The molecule has 2 heteroatoms. The highest BCUT2D eigenvalue weighted by Crippen LogP contribution is 2.57. The quantitative estimate of drug-likeness (QED) is 0.184. The van der Waals surface area contributed by atoms with Crippen LogP contribution in [0, 0.1) is 0 Å². The molecule has 1 aromatic heterocycles. The maximum absolute atomic E-state index is 6.45. The van der Waals surface area contributed by atoms with Crippen LogP contribution >= 0.6 is 0 Å². The number of fused-ring (bicyclic) bond motifs is 8. The lowest BCUT2D eigenvalue weighted by molar-refractivity contribution is 0.666. The highest BCUT2D eigenvalue weighted by molar-refractivity contribution is 6.10. The number of benzene rings is 8.